The minimum absolute atomic E-state index is 0.00616. The zero-order valence-electron chi connectivity index (χ0n) is 8.72. The maximum absolute atomic E-state index is 6.00. The lowest BCUT2D eigenvalue weighted by molar-refractivity contribution is -0.0520. The summed E-state index contributed by atoms with van der Waals surface area (Å²) in [5.41, 5.74) is 2.76. The molecule has 0 spiro atoms. The minimum atomic E-state index is -0.00616. The second-order valence-electron chi connectivity index (χ2n) is 4.59. The van der Waals surface area contributed by atoms with Crippen LogP contribution in [-0.4, -0.2) is 18.7 Å². The SMILES string of the molecule is C[C@]12CNC[C@H]1c1cccc(Br)c1CO2. The van der Waals surface area contributed by atoms with E-state index in [1.54, 1.807) is 0 Å². The van der Waals surface area contributed by atoms with Gasteiger partial charge < -0.3 is 10.1 Å². The van der Waals surface area contributed by atoms with Crippen molar-refractivity contribution in [1.82, 2.24) is 5.32 Å². The van der Waals surface area contributed by atoms with E-state index >= 15 is 0 Å². The smallest absolute Gasteiger partial charge is 0.0863 e. The Morgan fingerprint density at radius 1 is 1.53 bits per heavy atom. The van der Waals surface area contributed by atoms with Crippen LogP contribution in [0.4, 0.5) is 0 Å². The van der Waals surface area contributed by atoms with Crippen LogP contribution >= 0.6 is 15.9 Å². The molecule has 2 aliphatic rings. The van der Waals surface area contributed by atoms with Crippen LogP contribution in [0.15, 0.2) is 22.7 Å². The van der Waals surface area contributed by atoms with Gasteiger partial charge in [-0.05, 0) is 24.1 Å². The fourth-order valence-corrected chi connectivity index (χ4v) is 3.18. The molecule has 0 bridgehead atoms. The number of nitrogens with one attached hydrogen (secondary N) is 1. The third-order valence-electron chi connectivity index (χ3n) is 3.64. The van der Waals surface area contributed by atoms with Gasteiger partial charge in [-0.1, -0.05) is 28.1 Å². The lowest BCUT2D eigenvalue weighted by Crippen LogP contribution is -2.39. The Balaban J connectivity index is 2.13. The van der Waals surface area contributed by atoms with E-state index in [9.17, 15) is 0 Å². The maximum Gasteiger partial charge on any atom is 0.0863 e. The van der Waals surface area contributed by atoms with Gasteiger partial charge in [0.2, 0.25) is 0 Å². The van der Waals surface area contributed by atoms with Crippen LogP contribution < -0.4 is 5.32 Å². The highest BCUT2D eigenvalue weighted by atomic mass is 79.9. The summed E-state index contributed by atoms with van der Waals surface area (Å²) < 4.78 is 7.18. The highest BCUT2D eigenvalue weighted by molar-refractivity contribution is 9.10. The van der Waals surface area contributed by atoms with Crippen LogP contribution in [0.25, 0.3) is 0 Å². The first kappa shape index (κ1) is 9.82. The average Bonchev–Trinajstić information content (AvgIpc) is 2.60. The van der Waals surface area contributed by atoms with Crippen molar-refractivity contribution < 1.29 is 4.74 Å². The van der Waals surface area contributed by atoms with Gasteiger partial charge in [-0.15, -0.1) is 0 Å². The van der Waals surface area contributed by atoms with Crippen molar-refractivity contribution in [2.24, 2.45) is 0 Å². The molecule has 1 aromatic carbocycles. The predicted octanol–water partition coefficient (Wildman–Crippen LogP) is 2.42. The Hall–Kier alpha value is -0.380. The molecule has 2 heterocycles. The first-order chi connectivity index (χ1) is 7.21. The largest absolute Gasteiger partial charge is 0.369 e. The van der Waals surface area contributed by atoms with Crippen molar-refractivity contribution in [3.05, 3.63) is 33.8 Å². The second kappa shape index (κ2) is 3.30. The molecule has 1 aromatic rings. The molecule has 1 N–H and O–H groups in total. The Labute approximate surface area is 98.1 Å². The van der Waals surface area contributed by atoms with Gasteiger partial charge in [0.25, 0.3) is 0 Å². The fourth-order valence-electron chi connectivity index (χ4n) is 2.69. The lowest BCUT2D eigenvalue weighted by Gasteiger charge is -2.37. The van der Waals surface area contributed by atoms with Gasteiger partial charge in [-0.25, -0.2) is 0 Å². The molecule has 0 aliphatic carbocycles. The number of rotatable bonds is 0. The highest BCUT2D eigenvalue weighted by Gasteiger charge is 2.44. The highest BCUT2D eigenvalue weighted by Crippen LogP contribution is 2.42. The van der Waals surface area contributed by atoms with E-state index in [-0.39, 0.29) is 5.60 Å². The molecule has 3 rings (SSSR count). The second-order valence-corrected chi connectivity index (χ2v) is 5.45. The first-order valence-electron chi connectivity index (χ1n) is 5.33. The van der Waals surface area contributed by atoms with Crippen molar-refractivity contribution in [2.45, 2.75) is 25.0 Å². The predicted molar refractivity (Wildman–Crippen MR) is 62.9 cm³/mol. The molecule has 1 fully saturated rings. The van der Waals surface area contributed by atoms with Gasteiger partial charge in [0.1, 0.15) is 0 Å². The summed E-state index contributed by atoms with van der Waals surface area (Å²) in [5.74, 6) is 0.499. The third-order valence-corrected chi connectivity index (χ3v) is 4.38. The lowest BCUT2D eigenvalue weighted by atomic mass is 9.82. The van der Waals surface area contributed by atoms with Crippen LogP contribution in [0.1, 0.15) is 24.0 Å². The number of fused-ring (bicyclic) bond motifs is 3. The van der Waals surface area contributed by atoms with Gasteiger partial charge in [0, 0.05) is 23.5 Å². The van der Waals surface area contributed by atoms with E-state index in [1.807, 2.05) is 0 Å². The molecular weight excluding hydrogens is 254 g/mol. The van der Waals surface area contributed by atoms with E-state index in [0.29, 0.717) is 5.92 Å². The van der Waals surface area contributed by atoms with Gasteiger partial charge >= 0.3 is 0 Å². The van der Waals surface area contributed by atoms with Crippen molar-refractivity contribution in [3.8, 4) is 0 Å². The standard InChI is InChI=1S/C12H14BrNO/c1-12-7-14-5-10(12)8-3-2-4-11(13)9(8)6-15-12/h2-4,10,14H,5-7H2,1H3/t10-,12-/m0/s1. The molecule has 0 aromatic heterocycles. The monoisotopic (exact) mass is 267 g/mol. The molecular formula is C12H14BrNO. The summed E-state index contributed by atoms with van der Waals surface area (Å²) in [4.78, 5) is 0. The van der Waals surface area contributed by atoms with Crippen LogP contribution in [-0.2, 0) is 11.3 Å². The Kier molecular flexibility index (Phi) is 2.16. The van der Waals surface area contributed by atoms with Crippen molar-refractivity contribution in [1.29, 1.82) is 0 Å². The van der Waals surface area contributed by atoms with Crippen LogP contribution in [0, 0.1) is 0 Å². The van der Waals surface area contributed by atoms with Crippen LogP contribution in [0.2, 0.25) is 0 Å². The number of hydrogen-bond acceptors (Lipinski definition) is 2. The molecule has 2 atom stereocenters. The molecule has 2 aliphatic heterocycles. The Bertz CT molecular complexity index is 407. The molecule has 0 saturated carbocycles. The third kappa shape index (κ3) is 1.37. The molecule has 3 heteroatoms. The Morgan fingerprint density at radius 2 is 2.40 bits per heavy atom. The van der Waals surface area contributed by atoms with Crippen molar-refractivity contribution in [3.63, 3.8) is 0 Å². The first-order valence-corrected chi connectivity index (χ1v) is 6.12. The number of benzene rings is 1. The number of halogens is 1. The average molecular weight is 268 g/mol. The van der Waals surface area contributed by atoms with E-state index in [1.165, 1.54) is 15.6 Å². The fraction of sp³-hybridized carbons (Fsp3) is 0.500. The minimum Gasteiger partial charge on any atom is -0.369 e. The molecule has 0 amide bonds. The molecule has 15 heavy (non-hydrogen) atoms. The molecule has 0 radical (unpaired) electrons. The van der Waals surface area contributed by atoms with Crippen molar-refractivity contribution >= 4 is 15.9 Å². The normalized spacial score (nSPS) is 33.6. The molecule has 80 valence electrons. The van der Waals surface area contributed by atoms with E-state index in [4.69, 9.17) is 4.74 Å². The summed E-state index contributed by atoms with van der Waals surface area (Å²) in [6.45, 7) is 4.93. The van der Waals surface area contributed by atoms with Gasteiger partial charge in [0.05, 0.1) is 12.2 Å². The van der Waals surface area contributed by atoms with Crippen LogP contribution in [0.5, 0.6) is 0 Å². The van der Waals surface area contributed by atoms with E-state index in [0.717, 1.165) is 19.7 Å². The quantitative estimate of drug-likeness (QED) is 0.780. The summed E-state index contributed by atoms with van der Waals surface area (Å²) in [6, 6.07) is 6.44. The van der Waals surface area contributed by atoms with Gasteiger partial charge in [-0.2, -0.15) is 0 Å². The number of hydrogen-bond donors (Lipinski definition) is 1. The Morgan fingerprint density at radius 3 is 3.27 bits per heavy atom. The summed E-state index contributed by atoms with van der Waals surface area (Å²) in [5, 5.41) is 3.42. The zero-order chi connectivity index (χ0) is 10.5. The van der Waals surface area contributed by atoms with Gasteiger partial charge in [0.15, 0.2) is 0 Å². The summed E-state index contributed by atoms with van der Waals surface area (Å²) >= 11 is 3.60. The molecule has 2 nitrogen and oxygen atoms in total. The molecule has 0 unspecified atom stereocenters. The molecule has 1 saturated heterocycles. The summed E-state index contributed by atoms with van der Waals surface area (Å²) in [7, 11) is 0. The van der Waals surface area contributed by atoms with Gasteiger partial charge in [-0.3, -0.25) is 0 Å². The topological polar surface area (TPSA) is 21.3 Å². The number of ether oxygens (including phenoxy) is 1. The summed E-state index contributed by atoms with van der Waals surface area (Å²) in [6.07, 6.45) is 0. The van der Waals surface area contributed by atoms with E-state index in [2.05, 4.69) is 46.4 Å². The zero-order valence-corrected chi connectivity index (χ0v) is 10.3. The maximum atomic E-state index is 6.00. The van der Waals surface area contributed by atoms with Crippen molar-refractivity contribution in [2.75, 3.05) is 13.1 Å². The van der Waals surface area contributed by atoms with E-state index < -0.39 is 0 Å². The van der Waals surface area contributed by atoms with Crippen LogP contribution in [0.3, 0.4) is 0 Å².